The van der Waals surface area contributed by atoms with Crippen molar-refractivity contribution < 1.29 is 24.4 Å². The zero-order valence-electron chi connectivity index (χ0n) is 12.9. The van der Waals surface area contributed by atoms with Crippen LogP contribution in [0.4, 0.5) is 0 Å². The van der Waals surface area contributed by atoms with Crippen LogP contribution in [0.25, 0.3) is 0 Å². The fourth-order valence-electron chi connectivity index (χ4n) is 2.42. The molecule has 0 bridgehead atoms. The van der Waals surface area contributed by atoms with Gasteiger partial charge in [0.25, 0.3) is 0 Å². The molecule has 1 aliphatic heterocycles. The Balaban J connectivity index is 1.75. The van der Waals surface area contributed by atoms with Crippen molar-refractivity contribution in [3.05, 3.63) is 29.8 Å². The predicted molar refractivity (Wildman–Crippen MR) is 81.8 cm³/mol. The summed E-state index contributed by atoms with van der Waals surface area (Å²) >= 11 is 0. The average molecular weight is 311 g/mol. The van der Waals surface area contributed by atoms with Crippen LogP contribution in [0.3, 0.4) is 0 Å². The minimum atomic E-state index is -0.793. The van der Waals surface area contributed by atoms with Crippen molar-refractivity contribution in [3.8, 4) is 5.75 Å². The monoisotopic (exact) mass is 311 g/mol. The first-order valence-corrected chi connectivity index (χ1v) is 7.56. The summed E-state index contributed by atoms with van der Waals surface area (Å²) in [5.41, 5.74) is 1.10. The second kappa shape index (κ2) is 9.07. The number of aliphatic hydroxyl groups excluding tert-OH is 2. The third-order valence-corrected chi connectivity index (χ3v) is 3.69. The summed E-state index contributed by atoms with van der Waals surface area (Å²) in [5, 5.41) is 22.8. The van der Waals surface area contributed by atoms with Crippen LogP contribution in [0, 0.1) is 5.92 Å². The molecule has 1 aliphatic rings. The molecule has 0 aliphatic carbocycles. The van der Waals surface area contributed by atoms with E-state index < -0.39 is 12.2 Å². The molecule has 0 unspecified atom stereocenters. The van der Waals surface area contributed by atoms with Crippen molar-refractivity contribution in [1.29, 1.82) is 0 Å². The topological polar surface area (TPSA) is 80.2 Å². The molecule has 2 rings (SSSR count). The van der Waals surface area contributed by atoms with Crippen molar-refractivity contribution >= 4 is 0 Å². The summed E-state index contributed by atoms with van der Waals surface area (Å²) in [4.78, 5) is 0. The van der Waals surface area contributed by atoms with Crippen LogP contribution in [-0.2, 0) is 16.0 Å². The van der Waals surface area contributed by atoms with E-state index in [0.717, 1.165) is 11.3 Å². The summed E-state index contributed by atoms with van der Waals surface area (Å²) < 4.78 is 15.8. The molecular formula is C16H25NO5. The van der Waals surface area contributed by atoms with Gasteiger partial charge >= 0.3 is 0 Å². The number of rotatable bonds is 8. The molecule has 124 valence electrons. The van der Waals surface area contributed by atoms with Gasteiger partial charge in [0.1, 0.15) is 18.5 Å². The van der Waals surface area contributed by atoms with Gasteiger partial charge in [0, 0.05) is 26.1 Å². The summed E-state index contributed by atoms with van der Waals surface area (Å²) in [6.07, 6.45) is -1.52. The highest BCUT2D eigenvalue weighted by molar-refractivity contribution is 5.28. The smallest absolute Gasteiger partial charge is 0.119 e. The molecule has 0 amide bonds. The van der Waals surface area contributed by atoms with Crippen LogP contribution >= 0.6 is 0 Å². The minimum absolute atomic E-state index is 0.0927. The lowest BCUT2D eigenvalue weighted by molar-refractivity contribution is -0.119. The first-order valence-electron chi connectivity index (χ1n) is 7.56. The number of nitrogens with one attached hydrogen (secondary N) is 1. The van der Waals surface area contributed by atoms with Gasteiger partial charge in [-0.25, -0.2) is 0 Å². The molecular weight excluding hydrogens is 286 g/mol. The number of methoxy groups -OCH3 is 1. The lowest BCUT2D eigenvalue weighted by Gasteiger charge is -2.31. The Morgan fingerprint density at radius 3 is 2.95 bits per heavy atom. The van der Waals surface area contributed by atoms with Crippen LogP contribution in [-0.4, -0.2) is 62.5 Å². The first-order chi connectivity index (χ1) is 10.7. The van der Waals surface area contributed by atoms with E-state index in [-0.39, 0.29) is 12.5 Å². The molecule has 1 aromatic rings. The van der Waals surface area contributed by atoms with Gasteiger partial charge in [-0.05, 0) is 17.7 Å². The van der Waals surface area contributed by atoms with E-state index in [4.69, 9.17) is 14.2 Å². The fraction of sp³-hybridized carbons (Fsp3) is 0.625. The van der Waals surface area contributed by atoms with Gasteiger partial charge in [-0.2, -0.15) is 0 Å². The minimum Gasteiger partial charge on any atom is -0.491 e. The molecule has 1 heterocycles. The third kappa shape index (κ3) is 5.23. The highest BCUT2D eigenvalue weighted by Gasteiger charge is 2.30. The Kier molecular flexibility index (Phi) is 7.08. The molecule has 1 saturated heterocycles. The van der Waals surface area contributed by atoms with Crippen molar-refractivity contribution in [2.24, 2.45) is 5.92 Å². The molecule has 1 aromatic carbocycles. The predicted octanol–water partition coefficient (Wildman–Crippen LogP) is 0.170. The molecule has 6 heteroatoms. The second-order valence-electron chi connectivity index (χ2n) is 5.48. The van der Waals surface area contributed by atoms with Crippen molar-refractivity contribution in [2.45, 2.75) is 18.8 Å². The van der Waals surface area contributed by atoms with E-state index in [2.05, 4.69) is 5.32 Å². The lowest BCUT2D eigenvalue weighted by Crippen LogP contribution is -2.47. The average Bonchev–Trinajstić information content (AvgIpc) is 2.52. The maximum absolute atomic E-state index is 9.90. The highest BCUT2D eigenvalue weighted by Crippen LogP contribution is 2.16. The Hall–Kier alpha value is -1.18. The zero-order valence-corrected chi connectivity index (χ0v) is 12.9. The second-order valence-corrected chi connectivity index (χ2v) is 5.48. The third-order valence-electron chi connectivity index (χ3n) is 3.69. The quantitative estimate of drug-likeness (QED) is 0.594. The Morgan fingerprint density at radius 2 is 2.14 bits per heavy atom. The summed E-state index contributed by atoms with van der Waals surface area (Å²) in [6, 6.07) is 7.85. The standard InChI is InChI=1S/C16H25NO5/c1-20-5-6-22-14-4-2-3-12(7-14)8-17-9-13-10-21-11-15(18)16(13)19/h2-4,7,13,15-19H,5-6,8-11H2,1H3/t13-,15-,16+/m1/s1. The van der Waals surface area contributed by atoms with Gasteiger partial charge < -0.3 is 29.7 Å². The van der Waals surface area contributed by atoms with E-state index in [1.54, 1.807) is 7.11 Å². The zero-order chi connectivity index (χ0) is 15.8. The van der Waals surface area contributed by atoms with E-state index in [0.29, 0.717) is 32.9 Å². The van der Waals surface area contributed by atoms with E-state index in [1.165, 1.54) is 0 Å². The number of hydrogen-bond acceptors (Lipinski definition) is 6. The molecule has 22 heavy (non-hydrogen) atoms. The summed E-state index contributed by atoms with van der Waals surface area (Å²) in [5.74, 6) is 0.720. The van der Waals surface area contributed by atoms with E-state index in [9.17, 15) is 10.2 Å². The Bertz CT molecular complexity index is 442. The summed E-state index contributed by atoms with van der Waals surface area (Å²) in [6.45, 7) is 3.01. The molecule has 3 atom stereocenters. The number of aliphatic hydroxyl groups is 2. The van der Waals surface area contributed by atoms with Crippen LogP contribution in [0.1, 0.15) is 5.56 Å². The molecule has 0 spiro atoms. The van der Waals surface area contributed by atoms with Crippen LogP contribution in [0.15, 0.2) is 24.3 Å². The summed E-state index contributed by atoms with van der Waals surface area (Å²) in [7, 11) is 1.64. The molecule has 0 radical (unpaired) electrons. The maximum Gasteiger partial charge on any atom is 0.119 e. The SMILES string of the molecule is COCCOc1cccc(CNC[C@@H]2COC[C@@H](O)[C@H]2O)c1. The van der Waals surface area contributed by atoms with Gasteiger partial charge in [-0.1, -0.05) is 12.1 Å². The van der Waals surface area contributed by atoms with Gasteiger partial charge in [-0.15, -0.1) is 0 Å². The van der Waals surface area contributed by atoms with E-state index in [1.807, 2.05) is 24.3 Å². The van der Waals surface area contributed by atoms with Crippen LogP contribution in [0.2, 0.25) is 0 Å². The largest absolute Gasteiger partial charge is 0.491 e. The van der Waals surface area contributed by atoms with Crippen molar-refractivity contribution in [1.82, 2.24) is 5.32 Å². The van der Waals surface area contributed by atoms with Gasteiger partial charge in [0.05, 0.1) is 25.9 Å². The number of ether oxygens (including phenoxy) is 3. The van der Waals surface area contributed by atoms with Gasteiger partial charge in [0.15, 0.2) is 0 Å². The maximum atomic E-state index is 9.90. The molecule has 6 nitrogen and oxygen atoms in total. The van der Waals surface area contributed by atoms with E-state index >= 15 is 0 Å². The molecule has 0 aromatic heterocycles. The van der Waals surface area contributed by atoms with Crippen LogP contribution in [0.5, 0.6) is 5.75 Å². The van der Waals surface area contributed by atoms with Gasteiger partial charge in [-0.3, -0.25) is 0 Å². The molecule has 0 saturated carbocycles. The fourth-order valence-corrected chi connectivity index (χ4v) is 2.42. The highest BCUT2D eigenvalue weighted by atomic mass is 16.5. The number of hydrogen-bond donors (Lipinski definition) is 3. The normalized spacial score (nSPS) is 25.1. The van der Waals surface area contributed by atoms with Crippen molar-refractivity contribution in [2.75, 3.05) is 40.1 Å². The van der Waals surface area contributed by atoms with Crippen LogP contribution < -0.4 is 10.1 Å². The Morgan fingerprint density at radius 1 is 1.27 bits per heavy atom. The molecule has 1 fully saturated rings. The van der Waals surface area contributed by atoms with Crippen molar-refractivity contribution in [3.63, 3.8) is 0 Å². The Labute approximate surface area is 131 Å². The number of benzene rings is 1. The first kappa shape index (κ1) is 17.2. The lowest BCUT2D eigenvalue weighted by atomic mass is 9.96. The van der Waals surface area contributed by atoms with Gasteiger partial charge in [0.2, 0.25) is 0 Å². The molecule has 3 N–H and O–H groups in total.